The summed E-state index contributed by atoms with van der Waals surface area (Å²) in [5.74, 6) is -0.368. The number of unbranched alkanes of at least 4 members (excludes halogenated alkanes) is 1. The smallest absolute Gasteiger partial charge is 0.445 e. The van der Waals surface area contributed by atoms with E-state index >= 15 is 0 Å². The van der Waals surface area contributed by atoms with Crippen LogP contribution in [0.15, 0.2) is 78.9 Å². The standard InChI is InChI=1S/C25H26Cl2NO5P/c1-2-3-9-24(28-25(29)31-18-19-7-5-4-6-8-19)34(30,32-22-14-10-20(26)11-15-22)33-23-16-12-21(27)13-17-23/h4-8,10-17,24H,2-3,9,18H2,1H3,(H,28,29)/t24-/m0/s1. The highest BCUT2D eigenvalue weighted by Crippen LogP contribution is 2.53. The third-order valence-electron chi connectivity index (χ3n) is 4.80. The fraction of sp³-hybridized carbons (Fsp3) is 0.240. The van der Waals surface area contributed by atoms with E-state index in [4.69, 9.17) is 37.0 Å². The highest BCUT2D eigenvalue weighted by molar-refractivity contribution is 7.55. The minimum atomic E-state index is -3.98. The van der Waals surface area contributed by atoms with Gasteiger partial charge in [0.1, 0.15) is 18.1 Å². The van der Waals surface area contributed by atoms with Crippen molar-refractivity contribution in [2.75, 3.05) is 0 Å². The Morgan fingerprint density at radius 3 is 1.91 bits per heavy atom. The Kier molecular flexibility index (Phi) is 9.70. The molecule has 1 N–H and O–H groups in total. The van der Waals surface area contributed by atoms with E-state index in [0.717, 1.165) is 12.0 Å². The molecule has 0 spiro atoms. The summed E-state index contributed by atoms with van der Waals surface area (Å²) in [5.41, 5.74) is 0.834. The number of benzene rings is 3. The van der Waals surface area contributed by atoms with Crippen molar-refractivity contribution in [2.24, 2.45) is 0 Å². The third kappa shape index (κ3) is 7.98. The van der Waals surface area contributed by atoms with E-state index in [0.29, 0.717) is 34.4 Å². The lowest BCUT2D eigenvalue weighted by atomic mass is 10.2. The van der Waals surface area contributed by atoms with Gasteiger partial charge in [-0.3, -0.25) is 0 Å². The molecule has 1 atom stereocenters. The van der Waals surface area contributed by atoms with Crippen LogP contribution in [0.5, 0.6) is 11.5 Å². The maximum absolute atomic E-state index is 14.2. The average Bonchev–Trinajstić information content (AvgIpc) is 2.84. The highest BCUT2D eigenvalue weighted by Gasteiger charge is 2.40. The normalized spacial score (nSPS) is 12.0. The fourth-order valence-corrected chi connectivity index (χ4v) is 5.18. The molecule has 3 rings (SSSR count). The van der Waals surface area contributed by atoms with Crippen molar-refractivity contribution >= 4 is 36.9 Å². The van der Waals surface area contributed by atoms with Crippen LogP contribution in [0.1, 0.15) is 31.7 Å². The average molecular weight is 522 g/mol. The van der Waals surface area contributed by atoms with E-state index in [1.165, 1.54) is 0 Å². The predicted octanol–water partition coefficient (Wildman–Crippen LogP) is 8.09. The van der Waals surface area contributed by atoms with Gasteiger partial charge in [0, 0.05) is 10.0 Å². The number of hydrogen-bond donors (Lipinski definition) is 1. The number of rotatable bonds is 11. The number of halogens is 2. The number of ether oxygens (including phenoxy) is 1. The minimum Gasteiger partial charge on any atom is -0.445 e. The second-order valence-corrected chi connectivity index (χ2v) is 10.4. The molecular weight excluding hydrogens is 496 g/mol. The molecule has 0 bridgehead atoms. The van der Waals surface area contributed by atoms with Gasteiger partial charge in [-0.2, -0.15) is 0 Å². The summed E-state index contributed by atoms with van der Waals surface area (Å²) in [5, 5.41) is 3.71. The first-order valence-corrected chi connectivity index (χ1v) is 13.2. The number of hydrogen-bond acceptors (Lipinski definition) is 5. The first-order chi connectivity index (χ1) is 16.4. The minimum absolute atomic E-state index is 0.0769. The van der Waals surface area contributed by atoms with Crippen molar-refractivity contribution < 1.29 is 23.1 Å². The number of amides is 1. The molecule has 0 fully saturated rings. The van der Waals surface area contributed by atoms with Gasteiger partial charge in [0.25, 0.3) is 0 Å². The molecule has 34 heavy (non-hydrogen) atoms. The molecule has 0 heterocycles. The molecule has 0 aliphatic rings. The van der Waals surface area contributed by atoms with E-state index in [9.17, 15) is 9.36 Å². The second-order valence-electron chi connectivity index (χ2n) is 7.49. The van der Waals surface area contributed by atoms with Crippen molar-refractivity contribution in [2.45, 2.75) is 38.6 Å². The van der Waals surface area contributed by atoms with Gasteiger partial charge in [-0.25, -0.2) is 9.36 Å². The Morgan fingerprint density at radius 1 is 0.882 bits per heavy atom. The molecule has 9 heteroatoms. The van der Waals surface area contributed by atoms with E-state index in [2.05, 4.69) is 5.32 Å². The molecule has 1 amide bonds. The predicted molar refractivity (Wildman–Crippen MR) is 135 cm³/mol. The van der Waals surface area contributed by atoms with Gasteiger partial charge >= 0.3 is 13.7 Å². The van der Waals surface area contributed by atoms with Gasteiger partial charge < -0.3 is 19.1 Å². The van der Waals surface area contributed by atoms with E-state index in [1.807, 2.05) is 37.3 Å². The molecule has 0 aromatic heterocycles. The number of carbonyl (C=O) groups is 1. The highest BCUT2D eigenvalue weighted by atomic mass is 35.5. The van der Waals surface area contributed by atoms with Crippen LogP contribution in [-0.4, -0.2) is 11.9 Å². The van der Waals surface area contributed by atoms with Gasteiger partial charge in [0.05, 0.1) is 0 Å². The summed E-state index contributed by atoms with van der Waals surface area (Å²) in [6, 6.07) is 22.1. The summed E-state index contributed by atoms with van der Waals surface area (Å²) in [7, 11) is -3.98. The maximum Gasteiger partial charge on any atom is 0.453 e. The topological polar surface area (TPSA) is 73.9 Å². The Balaban J connectivity index is 1.83. The molecule has 3 aromatic carbocycles. The molecule has 3 aromatic rings. The van der Waals surface area contributed by atoms with E-state index < -0.39 is 19.5 Å². The summed E-state index contributed by atoms with van der Waals surface area (Å²) in [4.78, 5) is 12.6. The van der Waals surface area contributed by atoms with Gasteiger partial charge in [-0.1, -0.05) is 73.3 Å². The van der Waals surface area contributed by atoms with Crippen LogP contribution >= 0.6 is 30.8 Å². The lowest BCUT2D eigenvalue weighted by Crippen LogP contribution is -2.37. The Morgan fingerprint density at radius 2 is 1.41 bits per heavy atom. The molecular formula is C25H26Cl2NO5P. The maximum atomic E-state index is 14.2. The summed E-state index contributed by atoms with van der Waals surface area (Å²) < 4.78 is 31.3. The van der Waals surface area contributed by atoms with Crippen LogP contribution in [0.25, 0.3) is 0 Å². The molecule has 0 aliphatic heterocycles. The largest absolute Gasteiger partial charge is 0.453 e. The summed E-state index contributed by atoms with van der Waals surface area (Å²) in [6.45, 7) is 2.07. The first-order valence-electron chi connectivity index (χ1n) is 10.9. The van der Waals surface area contributed by atoms with Crippen LogP contribution < -0.4 is 14.4 Å². The lowest BCUT2D eigenvalue weighted by Gasteiger charge is -2.28. The van der Waals surface area contributed by atoms with E-state index in [-0.39, 0.29) is 6.61 Å². The van der Waals surface area contributed by atoms with Crippen molar-refractivity contribution in [3.05, 3.63) is 94.5 Å². The van der Waals surface area contributed by atoms with Gasteiger partial charge in [0.15, 0.2) is 5.78 Å². The van der Waals surface area contributed by atoms with Crippen LogP contribution in [0.2, 0.25) is 10.0 Å². The Labute approximate surface area is 209 Å². The molecule has 0 radical (unpaired) electrons. The lowest BCUT2D eigenvalue weighted by molar-refractivity contribution is 0.136. The third-order valence-corrected chi connectivity index (χ3v) is 7.39. The van der Waals surface area contributed by atoms with Crippen molar-refractivity contribution in [1.82, 2.24) is 5.32 Å². The molecule has 0 aliphatic carbocycles. The van der Waals surface area contributed by atoms with E-state index in [1.54, 1.807) is 48.5 Å². The number of nitrogens with one attached hydrogen (secondary N) is 1. The zero-order valence-corrected chi connectivity index (χ0v) is 21.1. The molecule has 0 saturated carbocycles. The van der Waals surface area contributed by atoms with Gasteiger partial charge in [0.2, 0.25) is 0 Å². The zero-order valence-electron chi connectivity index (χ0n) is 18.7. The second kappa shape index (κ2) is 12.7. The summed E-state index contributed by atoms with van der Waals surface area (Å²) in [6.07, 6.45) is 1.14. The van der Waals surface area contributed by atoms with Crippen LogP contribution in [0, 0.1) is 0 Å². The molecule has 6 nitrogen and oxygen atoms in total. The molecule has 0 saturated heterocycles. The summed E-state index contributed by atoms with van der Waals surface area (Å²) >= 11 is 11.9. The van der Waals surface area contributed by atoms with Crippen LogP contribution in [0.3, 0.4) is 0 Å². The van der Waals surface area contributed by atoms with Crippen LogP contribution in [-0.2, 0) is 15.9 Å². The Bertz CT molecular complexity index is 1040. The van der Waals surface area contributed by atoms with Gasteiger partial charge in [-0.15, -0.1) is 0 Å². The Hall–Kier alpha value is -2.66. The SMILES string of the molecule is CCCC[C@@H](NC(=O)OCc1ccccc1)P(=O)(Oc1ccc(Cl)cc1)Oc1ccc(Cl)cc1. The quantitative estimate of drug-likeness (QED) is 0.258. The fourth-order valence-electron chi connectivity index (χ4n) is 3.04. The van der Waals surface area contributed by atoms with Crippen molar-refractivity contribution in [3.8, 4) is 11.5 Å². The number of carbonyl (C=O) groups excluding carboxylic acids is 1. The molecule has 0 unspecified atom stereocenters. The monoisotopic (exact) mass is 521 g/mol. The van der Waals surface area contributed by atoms with Crippen molar-refractivity contribution in [1.29, 1.82) is 0 Å². The first kappa shape index (κ1) is 26.0. The van der Waals surface area contributed by atoms with Crippen molar-refractivity contribution in [3.63, 3.8) is 0 Å². The van der Waals surface area contributed by atoms with Gasteiger partial charge in [-0.05, 0) is 60.5 Å². The molecule has 180 valence electrons. The zero-order chi connectivity index (χ0) is 24.4. The number of alkyl carbamates (subject to hydrolysis) is 1. The van der Waals surface area contributed by atoms with Crippen LogP contribution in [0.4, 0.5) is 4.79 Å².